The average Bonchev–Trinajstić information content (AvgIpc) is 2.21. The molecule has 0 amide bonds. The topological polar surface area (TPSA) is 29.5 Å². The van der Waals surface area contributed by atoms with E-state index >= 15 is 0 Å². The lowest BCUT2D eigenvalue weighted by Gasteiger charge is -2.39. The van der Waals surface area contributed by atoms with E-state index in [0.29, 0.717) is 5.82 Å². The van der Waals surface area contributed by atoms with Crippen LogP contribution in [0.2, 0.25) is 12.1 Å². The molecule has 1 aliphatic heterocycles. The van der Waals surface area contributed by atoms with E-state index in [2.05, 4.69) is 6.92 Å². The Morgan fingerprint density at radius 1 is 1.38 bits per heavy atom. The third kappa shape index (κ3) is 1.91. The van der Waals surface area contributed by atoms with Gasteiger partial charge in [-0.15, -0.1) is 0 Å². The standard InChI is InChI=1S/C10H19BO2/c1-8-5-7-11-9-4-2-3-6-10(9,12)13-8/h8-9,11-12H,2-7H2,1H3. The predicted octanol–water partition coefficient (Wildman–Crippen LogP) is 1.70. The number of hydrogen-bond acceptors (Lipinski definition) is 2. The zero-order chi connectivity index (χ0) is 9.31. The Morgan fingerprint density at radius 2 is 2.23 bits per heavy atom. The SMILES string of the molecule is CC1CCBC2CCCCC2(O)O1. The fourth-order valence-electron chi connectivity index (χ4n) is 2.78. The molecule has 2 fully saturated rings. The summed E-state index contributed by atoms with van der Waals surface area (Å²) in [6, 6.07) is 0. The summed E-state index contributed by atoms with van der Waals surface area (Å²) in [6.45, 7) is 2.08. The second kappa shape index (κ2) is 3.62. The first-order valence-corrected chi connectivity index (χ1v) is 5.61. The summed E-state index contributed by atoms with van der Waals surface area (Å²) >= 11 is 0. The van der Waals surface area contributed by atoms with Gasteiger partial charge in [0.2, 0.25) is 0 Å². The minimum atomic E-state index is -0.770. The Labute approximate surface area is 80.9 Å². The molecule has 1 saturated heterocycles. The number of aliphatic hydroxyl groups is 1. The van der Waals surface area contributed by atoms with Gasteiger partial charge in [0.15, 0.2) is 5.79 Å². The fraction of sp³-hybridized carbons (Fsp3) is 1.00. The molecule has 1 saturated carbocycles. The average molecular weight is 182 g/mol. The Kier molecular flexibility index (Phi) is 2.66. The van der Waals surface area contributed by atoms with Gasteiger partial charge in [-0.05, 0) is 25.6 Å². The molecule has 3 unspecified atom stereocenters. The highest BCUT2D eigenvalue weighted by Gasteiger charge is 2.42. The molecule has 74 valence electrons. The van der Waals surface area contributed by atoms with Gasteiger partial charge >= 0.3 is 0 Å². The van der Waals surface area contributed by atoms with Crippen molar-refractivity contribution in [1.29, 1.82) is 0 Å². The van der Waals surface area contributed by atoms with E-state index in [1.54, 1.807) is 0 Å². The summed E-state index contributed by atoms with van der Waals surface area (Å²) in [5.41, 5.74) is 0. The monoisotopic (exact) mass is 182 g/mol. The molecule has 0 aromatic carbocycles. The smallest absolute Gasteiger partial charge is 0.161 e. The van der Waals surface area contributed by atoms with Crippen molar-refractivity contribution in [1.82, 2.24) is 0 Å². The van der Waals surface area contributed by atoms with E-state index in [0.717, 1.165) is 33.0 Å². The van der Waals surface area contributed by atoms with Gasteiger partial charge in [-0.1, -0.05) is 19.2 Å². The highest BCUT2D eigenvalue weighted by Crippen LogP contribution is 2.42. The first-order valence-electron chi connectivity index (χ1n) is 5.61. The van der Waals surface area contributed by atoms with Gasteiger partial charge in [-0.3, -0.25) is 0 Å². The molecule has 0 radical (unpaired) electrons. The van der Waals surface area contributed by atoms with Crippen LogP contribution in [0, 0.1) is 0 Å². The normalized spacial score (nSPS) is 46.0. The highest BCUT2D eigenvalue weighted by atomic mass is 16.6. The van der Waals surface area contributed by atoms with Gasteiger partial charge in [0.25, 0.3) is 0 Å². The van der Waals surface area contributed by atoms with Crippen LogP contribution in [0.1, 0.15) is 39.0 Å². The predicted molar refractivity (Wildman–Crippen MR) is 54.3 cm³/mol. The van der Waals surface area contributed by atoms with Gasteiger partial charge < -0.3 is 9.84 Å². The van der Waals surface area contributed by atoms with Crippen LogP contribution in [0.15, 0.2) is 0 Å². The molecule has 0 aromatic rings. The lowest BCUT2D eigenvalue weighted by atomic mass is 9.54. The van der Waals surface area contributed by atoms with E-state index in [1.165, 1.54) is 12.7 Å². The van der Waals surface area contributed by atoms with Crippen LogP contribution < -0.4 is 0 Å². The minimum absolute atomic E-state index is 0.244. The second-order valence-corrected chi connectivity index (χ2v) is 4.65. The molecule has 3 heteroatoms. The lowest BCUT2D eigenvalue weighted by molar-refractivity contribution is -0.238. The van der Waals surface area contributed by atoms with Gasteiger partial charge in [-0.2, -0.15) is 0 Å². The van der Waals surface area contributed by atoms with Crippen LogP contribution in [-0.2, 0) is 4.74 Å². The Hall–Kier alpha value is -0.0151. The van der Waals surface area contributed by atoms with Gasteiger partial charge in [0, 0.05) is 6.42 Å². The van der Waals surface area contributed by atoms with Crippen LogP contribution in [0.5, 0.6) is 0 Å². The first-order chi connectivity index (χ1) is 6.21. The van der Waals surface area contributed by atoms with Crippen LogP contribution in [-0.4, -0.2) is 24.3 Å². The first kappa shape index (κ1) is 9.54. The molecule has 2 aliphatic rings. The number of hydrogen-bond donors (Lipinski definition) is 1. The third-order valence-corrected chi connectivity index (χ3v) is 3.54. The van der Waals surface area contributed by atoms with Crippen molar-refractivity contribution >= 4 is 7.28 Å². The molecule has 1 heterocycles. The molecular weight excluding hydrogens is 163 g/mol. The van der Waals surface area contributed by atoms with Gasteiger partial charge in [0.05, 0.1) is 6.10 Å². The van der Waals surface area contributed by atoms with E-state index in [1.807, 2.05) is 0 Å². The maximum absolute atomic E-state index is 10.3. The molecular formula is C10H19BO2. The zero-order valence-corrected chi connectivity index (χ0v) is 8.46. The van der Waals surface area contributed by atoms with Crippen molar-refractivity contribution in [2.75, 3.05) is 0 Å². The van der Waals surface area contributed by atoms with Crippen molar-refractivity contribution in [2.24, 2.45) is 0 Å². The zero-order valence-electron chi connectivity index (χ0n) is 8.46. The van der Waals surface area contributed by atoms with Gasteiger partial charge in [-0.25, -0.2) is 0 Å². The molecule has 13 heavy (non-hydrogen) atoms. The Morgan fingerprint density at radius 3 is 3.08 bits per heavy atom. The van der Waals surface area contributed by atoms with E-state index in [9.17, 15) is 5.11 Å². The van der Waals surface area contributed by atoms with Crippen LogP contribution in [0.25, 0.3) is 0 Å². The third-order valence-electron chi connectivity index (χ3n) is 3.54. The summed E-state index contributed by atoms with van der Waals surface area (Å²) < 4.78 is 5.76. The fourth-order valence-corrected chi connectivity index (χ4v) is 2.78. The van der Waals surface area contributed by atoms with E-state index < -0.39 is 5.79 Å². The summed E-state index contributed by atoms with van der Waals surface area (Å²) in [6.07, 6.45) is 6.97. The molecule has 1 aliphatic carbocycles. The molecule has 0 bridgehead atoms. The molecule has 0 spiro atoms. The molecule has 2 rings (SSSR count). The highest BCUT2D eigenvalue weighted by molar-refractivity contribution is 6.38. The maximum Gasteiger partial charge on any atom is 0.161 e. The summed E-state index contributed by atoms with van der Waals surface area (Å²) in [7, 11) is 1.15. The Bertz CT molecular complexity index is 186. The summed E-state index contributed by atoms with van der Waals surface area (Å²) in [5.74, 6) is -0.361. The van der Waals surface area contributed by atoms with Crippen LogP contribution >= 0.6 is 0 Å². The lowest BCUT2D eigenvalue weighted by Crippen LogP contribution is -2.42. The van der Waals surface area contributed by atoms with Crippen molar-refractivity contribution in [3.63, 3.8) is 0 Å². The minimum Gasteiger partial charge on any atom is -0.366 e. The van der Waals surface area contributed by atoms with Crippen molar-refractivity contribution in [2.45, 2.75) is 63.1 Å². The van der Waals surface area contributed by atoms with E-state index in [4.69, 9.17) is 4.74 Å². The quantitative estimate of drug-likeness (QED) is 0.577. The van der Waals surface area contributed by atoms with E-state index in [-0.39, 0.29) is 6.10 Å². The maximum atomic E-state index is 10.3. The summed E-state index contributed by atoms with van der Waals surface area (Å²) in [4.78, 5) is 0. The Balaban J connectivity index is 2.10. The van der Waals surface area contributed by atoms with Crippen molar-refractivity contribution < 1.29 is 9.84 Å². The summed E-state index contributed by atoms with van der Waals surface area (Å²) in [5, 5.41) is 10.3. The molecule has 1 N–H and O–H groups in total. The second-order valence-electron chi connectivity index (χ2n) is 4.65. The number of ether oxygens (including phenoxy) is 1. The van der Waals surface area contributed by atoms with Crippen molar-refractivity contribution in [3.8, 4) is 0 Å². The number of fused-ring (bicyclic) bond motifs is 1. The van der Waals surface area contributed by atoms with Crippen molar-refractivity contribution in [3.05, 3.63) is 0 Å². The molecule has 2 nitrogen and oxygen atoms in total. The largest absolute Gasteiger partial charge is 0.366 e. The number of rotatable bonds is 0. The molecule has 3 atom stereocenters. The molecule has 0 aromatic heterocycles. The van der Waals surface area contributed by atoms with Crippen LogP contribution in [0.3, 0.4) is 0 Å². The van der Waals surface area contributed by atoms with Gasteiger partial charge in [0.1, 0.15) is 7.28 Å². The van der Waals surface area contributed by atoms with Crippen LogP contribution in [0.4, 0.5) is 0 Å².